The molecule has 0 aliphatic rings. The molecule has 0 bridgehead atoms. The smallest absolute Gasteiger partial charge is 0.550 e. The molecular weight excluding hydrogens is 398 g/mol. The van der Waals surface area contributed by atoms with Crippen LogP contribution in [0.4, 0.5) is 0 Å². The van der Waals surface area contributed by atoms with Gasteiger partial charge in [0.05, 0.1) is 0 Å². The van der Waals surface area contributed by atoms with E-state index < -0.39 is 24.3 Å². The van der Waals surface area contributed by atoms with Crippen LogP contribution in [0.2, 0.25) is 0 Å². The van der Waals surface area contributed by atoms with Crippen molar-refractivity contribution in [2.75, 3.05) is 0 Å². The van der Waals surface area contributed by atoms with Gasteiger partial charge in [0.2, 0.25) is 0 Å². The maximum Gasteiger partial charge on any atom is 1.00 e. The van der Waals surface area contributed by atoms with Crippen LogP contribution in [0.1, 0.15) is 122 Å². The molecule has 0 N–H and O–H groups in total. The van der Waals surface area contributed by atoms with E-state index in [0.29, 0.717) is 6.42 Å². The monoisotopic (exact) mass is 440 g/mol. The van der Waals surface area contributed by atoms with Gasteiger partial charge in [-0.2, -0.15) is 0 Å². The van der Waals surface area contributed by atoms with Crippen molar-refractivity contribution in [2.24, 2.45) is 5.92 Å². The van der Waals surface area contributed by atoms with Crippen LogP contribution >= 0.6 is 0 Å². The Bertz CT molecular complexity index is 414. The summed E-state index contributed by atoms with van der Waals surface area (Å²) in [4.78, 5) is 21.3. The third-order valence-corrected chi connectivity index (χ3v) is 5.31. The van der Waals surface area contributed by atoms with E-state index in [2.05, 4.69) is 19.1 Å². The van der Waals surface area contributed by atoms with Crippen molar-refractivity contribution in [1.82, 2.24) is 0 Å². The van der Waals surface area contributed by atoms with Crippen LogP contribution in [0.3, 0.4) is 0 Å². The number of carboxylic acid groups (broad SMARTS) is 2. The van der Waals surface area contributed by atoms with Gasteiger partial charge in [-0.1, -0.05) is 96.1 Å². The number of hydrogen-bond donors (Lipinski definition) is 0. The first-order chi connectivity index (χ1) is 13.6. The molecule has 6 heteroatoms. The van der Waals surface area contributed by atoms with Gasteiger partial charge in [0.15, 0.2) is 0 Å². The van der Waals surface area contributed by atoms with Gasteiger partial charge in [0.1, 0.15) is 0 Å². The van der Waals surface area contributed by atoms with Crippen LogP contribution in [0.15, 0.2) is 12.2 Å². The molecule has 164 valence electrons. The zero-order valence-electron chi connectivity index (χ0n) is 20.1. The molecular formula is C24H42Na2O4. The first-order valence-corrected chi connectivity index (χ1v) is 11.6. The molecule has 4 nitrogen and oxygen atoms in total. The largest absolute Gasteiger partial charge is 1.00 e. The Labute approximate surface area is 229 Å². The molecule has 1 unspecified atom stereocenters. The second-order valence-electron chi connectivity index (χ2n) is 8.03. The molecule has 1 atom stereocenters. The fourth-order valence-electron chi connectivity index (χ4n) is 3.50. The summed E-state index contributed by atoms with van der Waals surface area (Å²) in [5.41, 5.74) is 0. The zero-order chi connectivity index (χ0) is 20.9. The molecule has 0 amide bonds. The second-order valence-corrected chi connectivity index (χ2v) is 8.03. The number of carbonyl (C=O) groups excluding carboxylic acids is 2. The van der Waals surface area contributed by atoms with E-state index in [1.807, 2.05) is 0 Å². The van der Waals surface area contributed by atoms with Gasteiger partial charge in [-0.05, 0) is 38.5 Å². The molecule has 0 rings (SSSR count). The predicted octanol–water partition coefficient (Wildman–Crippen LogP) is -1.29. The summed E-state index contributed by atoms with van der Waals surface area (Å²) < 4.78 is 0. The minimum Gasteiger partial charge on any atom is -0.550 e. The number of hydrogen-bond acceptors (Lipinski definition) is 4. The zero-order valence-corrected chi connectivity index (χ0v) is 24.1. The molecule has 0 fully saturated rings. The third-order valence-electron chi connectivity index (χ3n) is 5.31. The van der Waals surface area contributed by atoms with E-state index in [1.54, 1.807) is 0 Å². The van der Waals surface area contributed by atoms with E-state index in [9.17, 15) is 19.8 Å². The average Bonchev–Trinajstić information content (AvgIpc) is 2.65. The molecule has 0 heterocycles. The Morgan fingerprint density at radius 3 is 1.47 bits per heavy atom. The summed E-state index contributed by atoms with van der Waals surface area (Å²) in [6.07, 6.45) is 24.2. The number of rotatable bonds is 21. The van der Waals surface area contributed by atoms with Gasteiger partial charge in [-0.3, -0.25) is 0 Å². The second kappa shape index (κ2) is 27.7. The molecule has 30 heavy (non-hydrogen) atoms. The van der Waals surface area contributed by atoms with Crippen LogP contribution in [0.25, 0.3) is 0 Å². The van der Waals surface area contributed by atoms with Gasteiger partial charge in [-0.25, -0.2) is 0 Å². The maximum absolute atomic E-state index is 10.8. The summed E-state index contributed by atoms with van der Waals surface area (Å²) in [6.45, 7) is 2.26. The van der Waals surface area contributed by atoms with Crippen LogP contribution < -0.4 is 69.3 Å². The molecule has 0 aliphatic heterocycles. The van der Waals surface area contributed by atoms with Gasteiger partial charge in [-0.15, -0.1) is 0 Å². The summed E-state index contributed by atoms with van der Waals surface area (Å²) in [5, 5.41) is 21.3. The Kier molecular flexibility index (Phi) is 32.6. The van der Waals surface area contributed by atoms with Crippen LogP contribution in [0, 0.1) is 5.92 Å². The first-order valence-electron chi connectivity index (χ1n) is 11.6. The Balaban J connectivity index is -0.00000364. The van der Waals surface area contributed by atoms with E-state index in [1.165, 1.54) is 64.2 Å². The molecule has 0 saturated carbocycles. The molecule has 0 spiro atoms. The van der Waals surface area contributed by atoms with Crippen molar-refractivity contribution in [3.8, 4) is 0 Å². The van der Waals surface area contributed by atoms with E-state index >= 15 is 0 Å². The van der Waals surface area contributed by atoms with Crippen molar-refractivity contribution in [3.05, 3.63) is 12.2 Å². The Morgan fingerprint density at radius 1 is 0.667 bits per heavy atom. The Morgan fingerprint density at radius 2 is 1.07 bits per heavy atom. The summed E-state index contributed by atoms with van der Waals surface area (Å²) >= 11 is 0. The topological polar surface area (TPSA) is 80.3 Å². The summed E-state index contributed by atoms with van der Waals surface area (Å²) in [6, 6.07) is 0. The third kappa shape index (κ3) is 26.7. The predicted molar refractivity (Wildman–Crippen MR) is 111 cm³/mol. The standard InChI is InChI=1S/C24H44O4.2Na/c1-2-3-4-5-6-7-8-9-10-11-12-13-14-15-16-17-18-19-20-22(24(27)28)21-23(25)26;;/h12-13,22H,2-11,14-21H2,1H3,(H,25,26)(H,27,28);;/q;2*+1/p-2/b13-12+;;. The maximum atomic E-state index is 10.8. The van der Waals surface area contributed by atoms with E-state index in [4.69, 9.17) is 0 Å². The fraction of sp³-hybridized carbons (Fsp3) is 0.833. The SMILES string of the molecule is CCCCCCCCCCC/C=C/CCCCCCCC(CC(=O)[O-])C(=O)[O-].[Na+].[Na+]. The van der Waals surface area contributed by atoms with Crippen LogP contribution in [-0.2, 0) is 9.59 Å². The van der Waals surface area contributed by atoms with Crippen molar-refractivity contribution < 1.29 is 78.9 Å². The van der Waals surface area contributed by atoms with Crippen LogP contribution in [0.5, 0.6) is 0 Å². The Hall–Kier alpha value is 0.680. The minimum atomic E-state index is -1.32. The molecule has 0 aromatic heterocycles. The normalized spacial score (nSPS) is 11.6. The summed E-state index contributed by atoms with van der Waals surface area (Å²) in [5.74, 6) is -3.50. The van der Waals surface area contributed by atoms with Crippen molar-refractivity contribution in [2.45, 2.75) is 122 Å². The minimum absolute atomic E-state index is 0. The van der Waals surface area contributed by atoms with Crippen molar-refractivity contribution >= 4 is 11.9 Å². The van der Waals surface area contributed by atoms with Gasteiger partial charge in [0.25, 0.3) is 0 Å². The van der Waals surface area contributed by atoms with E-state index in [-0.39, 0.29) is 59.1 Å². The molecule has 0 aromatic rings. The molecule has 0 saturated heterocycles. The first kappa shape index (κ1) is 35.3. The van der Waals surface area contributed by atoms with Crippen LogP contribution in [-0.4, -0.2) is 11.9 Å². The molecule has 0 aromatic carbocycles. The van der Waals surface area contributed by atoms with Gasteiger partial charge < -0.3 is 19.8 Å². The summed E-state index contributed by atoms with van der Waals surface area (Å²) in [7, 11) is 0. The number of carbonyl (C=O) groups is 2. The van der Waals surface area contributed by atoms with E-state index in [0.717, 1.165) is 38.5 Å². The molecule has 0 aliphatic carbocycles. The van der Waals surface area contributed by atoms with Gasteiger partial charge in [0, 0.05) is 17.9 Å². The number of carboxylic acids is 2. The van der Waals surface area contributed by atoms with Crippen molar-refractivity contribution in [1.29, 1.82) is 0 Å². The number of aliphatic carboxylic acids is 2. The molecule has 0 radical (unpaired) electrons. The quantitative estimate of drug-likeness (QED) is 0.126. The fourth-order valence-corrected chi connectivity index (χ4v) is 3.50. The average molecular weight is 441 g/mol. The number of allylic oxidation sites excluding steroid dienone is 2. The van der Waals surface area contributed by atoms with Crippen molar-refractivity contribution in [3.63, 3.8) is 0 Å². The number of unbranched alkanes of at least 4 members (excludes halogenated alkanes) is 14. The van der Waals surface area contributed by atoms with Gasteiger partial charge >= 0.3 is 59.1 Å².